The number of thioether (sulfide) groups is 1. The number of nitrogens with zero attached hydrogens (tertiary/aromatic N) is 2. The van der Waals surface area contributed by atoms with Crippen LogP contribution in [0.2, 0.25) is 0 Å². The number of halogens is 1. The van der Waals surface area contributed by atoms with Gasteiger partial charge in [-0.3, -0.25) is 14.4 Å². The maximum Gasteiger partial charge on any atom is 0.308 e. The maximum absolute atomic E-state index is 14.4. The summed E-state index contributed by atoms with van der Waals surface area (Å²) in [5.41, 5.74) is 2.75. The number of unbranched alkanes of at least 4 members (excludes halogenated alkanes) is 2. The molecule has 2 amide bonds. The Kier molecular flexibility index (Phi) is 7.69. The summed E-state index contributed by atoms with van der Waals surface area (Å²) in [6.45, 7) is 8.53. The molecule has 7 nitrogen and oxygen atoms in total. The van der Waals surface area contributed by atoms with Gasteiger partial charge < -0.3 is 20.0 Å². The van der Waals surface area contributed by atoms with Crippen molar-refractivity contribution in [2.45, 2.75) is 60.4 Å². The third kappa shape index (κ3) is 4.33. The number of amides is 2. The van der Waals surface area contributed by atoms with E-state index in [4.69, 9.17) is 0 Å². The van der Waals surface area contributed by atoms with Crippen molar-refractivity contribution in [3.05, 3.63) is 42.0 Å². The number of aliphatic carboxylic acids is 1. The van der Waals surface area contributed by atoms with Gasteiger partial charge in [0.2, 0.25) is 5.91 Å². The molecule has 0 saturated carbocycles. The second-order valence-corrected chi connectivity index (χ2v) is 12.6. The van der Waals surface area contributed by atoms with Crippen molar-refractivity contribution in [2.75, 3.05) is 24.6 Å². The smallest absolute Gasteiger partial charge is 0.308 e. The van der Waals surface area contributed by atoms with Crippen LogP contribution in [0, 0.1) is 25.7 Å². The van der Waals surface area contributed by atoms with Gasteiger partial charge in [0.15, 0.2) is 0 Å². The van der Waals surface area contributed by atoms with Crippen molar-refractivity contribution >= 4 is 51.2 Å². The Morgan fingerprint density at radius 1 is 1.31 bits per heavy atom. The van der Waals surface area contributed by atoms with Gasteiger partial charge in [0.1, 0.15) is 6.04 Å². The van der Waals surface area contributed by atoms with Gasteiger partial charge in [-0.1, -0.05) is 34.1 Å². The average Bonchev–Trinajstić information content (AvgIpc) is 3.40. The third-order valence-electron chi connectivity index (χ3n) is 7.60. The molecule has 0 aliphatic carbocycles. The van der Waals surface area contributed by atoms with E-state index < -0.39 is 28.6 Å². The first-order chi connectivity index (χ1) is 16.7. The van der Waals surface area contributed by atoms with Crippen LogP contribution < -0.4 is 4.90 Å². The minimum absolute atomic E-state index is 0.0733. The largest absolute Gasteiger partial charge is 0.481 e. The van der Waals surface area contributed by atoms with Gasteiger partial charge in [0.25, 0.3) is 5.91 Å². The summed E-state index contributed by atoms with van der Waals surface area (Å²) in [6, 6.07) is 5.19. The van der Waals surface area contributed by atoms with E-state index in [2.05, 4.69) is 22.5 Å². The Morgan fingerprint density at radius 2 is 2.06 bits per heavy atom. The lowest BCUT2D eigenvalue weighted by Crippen LogP contribution is -2.55. The molecule has 3 fully saturated rings. The fraction of sp³-hybridized carbons (Fsp3) is 0.577. The van der Waals surface area contributed by atoms with Crippen molar-refractivity contribution in [2.24, 2.45) is 11.8 Å². The summed E-state index contributed by atoms with van der Waals surface area (Å²) >= 11 is 5.19. The minimum atomic E-state index is -0.974. The molecule has 1 aromatic rings. The Morgan fingerprint density at radius 3 is 2.71 bits per heavy atom. The molecular formula is C26H33BrN2O5S. The van der Waals surface area contributed by atoms with E-state index in [0.717, 1.165) is 23.2 Å². The van der Waals surface area contributed by atoms with E-state index in [1.165, 1.54) is 11.8 Å². The second kappa shape index (κ2) is 10.3. The molecule has 35 heavy (non-hydrogen) atoms. The van der Waals surface area contributed by atoms with Crippen molar-refractivity contribution in [3.8, 4) is 0 Å². The van der Waals surface area contributed by atoms with Gasteiger partial charge in [-0.2, -0.15) is 0 Å². The van der Waals surface area contributed by atoms with E-state index >= 15 is 0 Å². The molecule has 3 saturated heterocycles. The van der Waals surface area contributed by atoms with Crippen LogP contribution >= 0.6 is 27.7 Å². The first-order valence-electron chi connectivity index (χ1n) is 12.1. The van der Waals surface area contributed by atoms with E-state index in [1.54, 1.807) is 15.9 Å². The SMILES string of the molecule is C=CCN(C(=O)C1N(CCCCCO)C(=O)[C@@H]2[C@@H](C(=O)O)[C@@H]3SC12CC3Br)c1cc(C)ccc1C. The zero-order valence-electron chi connectivity index (χ0n) is 20.2. The first kappa shape index (κ1) is 26.2. The van der Waals surface area contributed by atoms with Crippen LogP contribution in [0.15, 0.2) is 30.9 Å². The average molecular weight is 566 g/mol. The number of aliphatic hydroxyl groups excluding tert-OH is 1. The van der Waals surface area contributed by atoms with Gasteiger partial charge in [-0.05, 0) is 56.7 Å². The first-order valence-corrected chi connectivity index (χ1v) is 13.9. The highest BCUT2D eigenvalue weighted by Crippen LogP contribution is 2.67. The summed E-state index contributed by atoms with van der Waals surface area (Å²) in [5, 5.41) is 19.0. The van der Waals surface area contributed by atoms with Crippen LogP contribution in [0.5, 0.6) is 0 Å². The number of alkyl halides is 1. The number of fused-ring (bicyclic) bond motifs is 1. The predicted octanol–water partition coefficient (Wildman–Crippen LogP) is 3.53. The molecule has 9 heteroatoms. The number of hydrogen-bond acceptors (Lipinski definition) is 5. The highest BCUT2D eigenvalue weighted by Gasteiger charge is 2.76. The predicted molar refractivity (Wildman–Crippen MR) is 141 cm³/mol. The summed E-state index contributed by atoms with van der Waals surface area (Å²) in [7, 11) is 0. The lowest BCUT2D eigenvalue weighted by Gasteiger charge is -2.38. The highest BCUT2D eigenvalue weighted by molar-refractivity contribution is 9.09. The molecule has 3 aliphatic rings. The molecule has 190 valence electrons. The standard InChI is InChI=1S/C26H33BrN2O5S/c1-4-10-28(18-13-15(2)8-9-16(18)3)24(32)22-26-14-17(27)21(35-26)19(25(33)34)20(26)23(31)29(22)11-6-5-7-12-30/h4,8-9,13,17,19-22,30H,1,5-7,10-12,14H2,2-3H3,(H,33,34)/t17?,19-,20+,21-,22?,26?/m1/s1. The number of hydrogen-bond donors (Lipinski definition) is 2. The molecule has 0 radical (unpaired) electrons. The van der Waals surface area contributed by atoms with Crippen LogP contribution in [0.25, 0.3) is 0 Å². The minimum Gasteiger partial charge on any atom is -0.481 e. The number of rotatable bonds is 10. The molecule has 3 unspecified atom stereocenters. The van der Waals surface area contributed by atoms with Crippen LogP contribution in [0.4, 0.5) is 5.69 Å². The number of carboxylic acids is 1. The number of benzene rings is 1. The highest BCUT2D eigenvalue weighted by atomic mass is 79.9. The summed E-state index contributed by atoms with van der Waals surface area (Å²) in [4.78, 5) is 43.8. The summed E-state index contributed by atoms with van der Waals surface area (Å²) in [5.74, 6) is -2.93. The van der Waals surface area contributed by atoms with E-state index in [0.29, 0.717) is 32.4 Å². The number of aryl methyl sites for hydroxylation is 2. The van der Waals surface area contributed by atoms with Gasteiger partial charge in [0, 0.05) is 35.5 Å². The molecule has 3 heterocycles. The Balaban J connectivity index is 1.78. The Bertz CT molecular complexity index is 1030. The maximum atomic E-state index is 14.4. The fourth-order valence-electron chi connectivity index (χ4n) is 6.10. The number of carboxylic acid groups (broad SMARTS) is 1. The second-order valence-electron chi connectivity index (χ2n) is 9.85. The Labute approximate surface area is 219 Å². The molecule has 4 rings (SSSR count). The van der Waals surface area contributed by atoms with Crippen LogP contribution in [-0.2, 0) is 14.4 Å². The molecular weight excluding hydrogens is 532 g/mol. The number of carbonyl (C=O) groups is 3. The van der Waals surface area contributed by atoms with Gasteiger partial charge in [-0.25, -0.2) is 0 Å². The van der Waals surface area contributed by atoms with Crippen LogP contribution in [-0.4, -0.2) is 73.5 Å². The zero-order chi connectivity index (χ0) is 25.5. The van der Waals surface area contributed by atoms with Crippen molar-refractivity contribution in [1.29, 1.82) is 0 Å². The lowest BCUT2D eigenvalue weighted by molar-refractivity contribution is -0.148. The van der Waals surface area contributed by atoms with Crippen molar-refractivity contribution < 1.29 is 24.6 Å². The summed E-state index contributed by atoms with van der Waals surface area (Å²) in [6.07, 6.45) is 4.25. The third-order valence-corrected chi connectivity index (χ3v) is 10.8. The van der Waals surface area contributed by atoms with Gasteiger partial charge in [-0.15, -0.1) is 18.3 Å². The summed E-state index contributed by atoms with van der Waals surface area (Å²) < 4.78 is -0.788. The lowest BCUT2D eigenvalue weighted by atomic mass is 9.71. The van der Waals surface area contributed by atoms with Crippen molar-refractivity contribution in [1.82, 2.24) is 4.90 Å². The monoisotopic (exact) mass is 564 g/mol. The number of anilines is 1. The van der Waals surface area contributed by atoms with E-state index in [9.17, 15) is 24.6 Å². The fourth-order valence-corrected chi connectivity index (χ4v) is 9.70. The molecule has 2 bridgehead atoms. The van der Waals surface area contributed by atoms with Crippen LogP contribution in [0.3, 0.4) is 0 Å². The van der Waals surface area contributed by atoms with Gasteiger partial charge >= 0.3 is 5.97 Å². The van der Waals surface area contributed by atoms with E-state index in [1.807, 2.05) is 32.0 Å². The van der Waals surface area contributed by atoms with Crippen molar-refractivity contribution in [3.63, 3.8) is 0 Å². The number of carbonyl (C=O) groups excluding carboxylic acids is 2. The topological polar surface area (TPSA) is 98.2 Å². The molecule has 0 aromatic heterocycles. The van der Waals surface area contributed by atoms with Crippen LogP contribution in [0.1, 0.15) is 36.8 Å². The molecule has 3 aliphatic heterocycles. The molecule has 2 N–H and O–H groups in total. The normalized spacial score (nSPS) is 31.0. The molecule has 1 spiro atoms. The Hall–Kier alpha value is -1.84. The molecule has 6 atom stereocenters. The quantitative estimate of drug-likeness (QED) is 0.256. The number of aliphatic hydroxyl groups is 1. The zero-order valence-corrected chi connectivity index (χ0v) is 22.6. The van der Waals surface area contributed by atoms with Gasteiger partial charge in [0.05, 0.1) is 16.6 Å². The molecule has 1 aromatic carbocycles. The van der Waals surface area contributed by atoms with E-state index in [-0.39, 0.29) is 28.5 Å². The number of likely N-dealkylation sites (tertiary alicyclic amines) is 1.